The molecule has 1 heterocycles. The van der Waals surface area contributed by atoms with E-state index in [1.165, 1.54) is 0 Å². The minimum Gasteiger partial charge on any atom is -0.478 e. The summed E-state index contributed by atoms with van der Waals surface area (Å²) in [5.74, 6) is 0.396. The van der Waals surface area contributed by atoms with Gasteiger partial charge >= 0.3 is 0 Å². The predicted octanol–water partition coefficient (Wildman–Crippen LogP) is 0.471. The molecule has 0 aromatic carbocycles. The number of hydrogen-bond acceptors (Lipinski definition) is 5. The number of carbonyl (C=O) groups excluding carboxylic acids is 1. The maximum absolute atomic E-state index is 10.6. The molecule has 0 fully saturated rings. The van der Waals surface area contributed by atoms with Gasteiger partial charge < -0.3 is 15.8 Å². The number of nitrogens with zero attached hydrogens (tertiary/aromatic N) is 2. The van der Waals surface area contributed by atoms with Crippen molar-refractivity contribution in [3.05, 3.63) is 11.8 Å². The fourth-order valence-electron chi connectivity index (χ4n) is 1.07. The first-order valence-corrected chi connectivity index (χ1v) is 5.12. The quantitative estimate of drug-likeness (QED) is 0.733. The summed E-state index contributed by atoms with van der Waals surface area (Å²) in [6.07, 6.45) is 0.910. The number of amides is 1. The van der Waals surface area contributed by atoms with Crippen molar-refractivity contribution in [2.24, 2.45) is 5.73 Å². The Morgan fingerprint density at radius 1 is 1.56 bits per heavy atom. The third kappa shape index (κ3) is 4.12. The molecule has 0 bridgehead atoms. The average Bonchev–Trinajstić information content (AvgIpc) is 2.23. The Balaban J connectivity index is 2.69. The molecule has 0 saturated heterocycles. The van der Waals surface area contributed by atoms with Crippen LogP contribution in [0.5, 0.6) is 5.88 Å². The largest absolute Gasteiger partial charge is 0.478 e. The zero-order chi connectivity index (χ0) is 12.0. The van der Waals surface area contributed by atoms with E-state index in [1.807, 2.05) is 13.8 Å². The highest BCUT2D eigenvalue weighted by Gasteiger charge is 2.03. The SMILES string of the molecule is CCCOc1cc(C)nc(NCC(N)=O)n1. The summed E-state index contributed by atoms with van der Waals surface area (Å²) in [6, 6.07) is 1.74. The van der Waals surface area contributed by atoms with Crippen molar-refractivity contribution in [1.82, 2.24) is 9.97 Å². The Morgan fingerprint density at radius 3 is 2.94 bits per heavy atom. The lowest BCUT2D eigenvalue weighted by molar-refractivity contribution is -0.116. The fourth-order valence-corrected chi connectivity index (χ4v) is 1.07. The van der Waals surface area contributed by atoms with E-state index in [-0.39, 0.29) is 6.54 Å². The van der Waals surface area contributed by atoms with Crippen molar-refractivity contribution in [2.45, 2.75) is 20.3 Å². The van der Waals surface area contributed by atoms with Crippen LogP contribution in [-0.2, 0) is 4.79 Å². The molecule has 0 atom stereocenters. The van der Waals surface area contributed by atoms with Gasteiger partial charge in [-0.1, -0.05) is 6.92 Å². The van der Waals surface area contributed by atoms with Crippen LogP contribution >= 0.6 is 0 Å². The number of nitrogens with two attached hydrogens (primary N) is 1. The van der Waals surface area contributed by atoms with Gasteiger partial charge in [0, 0.05) is 11.8 Å². The summed E-state index contributed by atoms with van der Waals surface area (Å²) in [4.78, 5) is 18.8. The minimum atomic E-state index is -0.457. The third-order valence-electron chi connectivity index (χ3n) is 1.71. The van der Waals surface area contributed by atoms with Crippen LogP contribution in [0.1, 0.15) is 19.0 Å². The van der Waals surface area contributed by atoms with Gasteiger partial charge in [0.25, 0.3) is 0 Å². The molecule has 0 spiro atoms. The Labute approximate surface area is 94.2 Å². The standard InChI is InChI=1S/C10H16N4O2/c1-3-4-16-9-5-7(2)13-10(14-9)12-6-8(11)15/h5H,3-4,6H2,1-2H3,(H2,11,15)(H,12,13,14). The van der Waals surface area contributed by atoms with E-state index in [0.717, 1.165) is 12.1 Å². The van der Waals surface area contributed by atoms with Gasteiger partial charge in [0.05, 0.1) is 13.2 Å². The second kappa shape index (κ2) is 5.89. The third-order valence-corrected chi connectivity index (χ3v) is 1.71. The average molecular weight is 224 g/mol. The van der Waals surface area contributed by atoms with Crippen LogP contribution in [0.4, 0.5) is 5.95 Å². The molecule has 0 unspecified atom stereocenters. The molecule has 6 nitrogen and oxygen atoms in total. The molecular formula is C10H16N4O2. The molecular weight excluding hydrogens is 208 g/mol. The van der Waals surface area contributed by atoms with Gasteiger partial charge in [0.15, 0.2) is 0 Å². The first-order valence-electron chi connectivity index (χ1n) is 5.12. The lowest BCUT2D eigenvalue weighted by Crippen LogP contribution is -2.22. The van der Waals surface area contributed by atoms with Crippen molar-refractivity contribution in [3.63, 3.8) is 0 Å². The summed E-state index contributed by atoms with van der Waals surface area (Å²) in [7, 11) is 0. The van der Waals surface area contributed by atoms with E-state index in [9.17, 15) is 4.79 Å². The molecule has 16 heavy (non-hydrogen) atoms. The van der Waals surface area contributed by atoms with E-state index in [2.05, 4.69) is 15.3 Å². The molecule has 0 radical (unpaired) electrons. The van der Waals surface area contributed by atoms with Crippen LogP contribution in [0, 0.1) is 6.92 Å². The van der Waals surface area contributed by atoms with Gasteiger partial charge in [-0.05, 0) is 13.3 Å². The Kier molecular flexibility index (Phi) is 4.50. The van der Waals surface area contributed by atoms with Crippen molar-refractivity contribution in [3.8, 4) is 5.88 Å². The van der Waals surface area contributed by atoms with Crippen LogP contribution in [0.15, 0.2) is 6.07 Å². The Morgan fingerprint density at radius 2 is 2.31 bits per heavy atom. The monoisotopic (exact) mass is 224 g/mol. The first-order chi connectivity index (χ1) is 7.61. The molecule has 1 rings (SSSR count). The number of nitrogens with one attached hydrogen (secondary N) is 1. The highest BCUT2D eigenvalue weighted by atomic mass is 16.5. The van der Waals surface area contributed by atoms with Crippen LogP contribution in [0.3, 0.4) is 0 Å². The lowest BCUT2D eigenvalue weighted by Gasteiger charge is -2.07. The maximum Gasteiger partial charge on any atom is 0.236 e. The Hall–Kier alpha value is -1.85. The molecule has 0 aliphatic heterocycles. The number of anilines is 1. The molecule has 1 aromatic heterocycles. The van der Waals surface area contributed by atoms with E-state index in [0.29, 0.717) is 18.4 Å². The molecule has 0 saturated carbocycles. The number of ether oxygens (including phenoxy) is 1. The van der Waals surface area contributed by atoms with E-state index in [1.54, 1.807) is 6.07 Å². The second-order valence-electron chi connectivity index (χ2n) is 3.34. The maximum atomic E-state index is 10.6. The number of hydrogen-bond donors (Lipinski definition) is 2. The molecule has 3 N–H and O–H groups in total. The molecule has 6 heteroatoms. The topological polar surface area (TPSA) is 90.1 Å². The summed E-state index contributed by atoms with van der Waals surface area (Å²) >= 11 is 0. The van der Waals surface area contributed by atoms with Crippen molar-refractivity contribution in [2.75, 3.05) is 18.5 Å². The predicted molar refractivity (Wildman–Crippen MR) is 60.2 cm³/mol. The fraction of sp³-hybridized carbons (Fsp3) is 0.500. The second-order valence-corrected chi connectivity index (χ2v) is 3.34. The zero-order valence-corrected chi connectivity index (χ0v) is 9.49. The molecule has 88 valence electrons. The van der Waals surface area contributed by atoms with Crippen LogP contribution < -0.4 is 15.8 Å². The summed E-state index contributed by atoms with van der Waals surface area (Å²) < 4.78 is 5.38. The van der Waals surface area contributed by atoms with Gasteiger partial charge in [-0.2, -0.15) is 4.98 Å². The van der Waals surface area contributed by atoms with Crippen LogP contribution in [-0.4, -0.2) is 29.0 Å². The van der Waals surface area contributed by atoms with Crippen molar-refractivity contribution < 1.29 is 9.53 Å². The molecule has 1 amide bonds. The van der Waals surface area contributed by atoms with Crippen molar-refractivity contribution in [1.29, 1.82) is 0 Å². The van der Waals surface area contributed by atoms with Gasteiger partial charge in [-0.25, -0.2) is 4.98 Å². The first kappa shape index (κ1) is 12.2. The summed E-state index contributed by atoms with van der Waals surface area (Å²) in [6.45, 7) is 4.46. The lowest BCUT2D eigenvalue weighted by atomic mass is 10.4. The van der Waals surface area contributed by atoms with Gasteiger partial charge in [0.2, 0.25) is 17.7 Å². The normalized spacial score (nSPS) is 9.88. The van der Waals surface area contributed by atoms with Gasteiger partial charge in [-0.15, -0.1) is 0 Å². The number of rotatable bonds is 6. The molecule has 0 aliphatic rings. The number of aromatic nitrogens is 2. The number of aryl methyl sites for hydroxylation is 1. The van der Waals surface area contributed by atoms with Crippen LogP contribution in [0.2, 0.25) is 0 Å². The van der Waals surface area contributed by atoms with E-state index in [4.69, 9.17) is 10.5 Å². The van der Waals surface area contributed by atoms with Crippen molar-refractivity contribution >= 4 is 11.9 Å². The highest BCUT2D eigenvalue weighted by Crippen LogP contribution is 2.11. The minimum absolute atomic E-state index is 0.0106. The highest BCUT2D eigenvalue weighted by molar-refractivity contribution is 5.78. The summed E-state index contributed by atoms with van der Waals surface area (Å²) in [5.41, 5.74) is 5.78. The molecule has 0 aliphatic carbocycles. The van der Waals surface area contributed by atoms with Crippen LogP contribution in [0.25, 0.3) is 0 Å². The Bertz CT molecular complexity index is 368. The summed E-state index contributed by atoms with van der Waals surface area (Å²) in [5, 5.41) is 2.72. The zero-order valence-electron chi connectivity index (χ0n) is 9.49. The smallest absolute Gasteiger partial charge is 0.236 e. The number of primary amides is 1. The van der Waals surface area contributed by atoms with E-state index >= 15 is 0 Å². The van der Waals surface area contributed by atoms with Gasteiger partial charge in [-0.3, -0.25) is 4.79 Å². The van der Waals surface area contributed by atoms with E-state index < -0.39 is 5.91 Å². The molecule has 1 aromatic rings. The van der Waals surface area contributed by atoms with Gasteiger partial charge in [0.1, 0.15) is 0 Å². The number of carbonyl (C=O) groups is 1.